The van der Waals surface area contributed by atoms with E-state index in [-0.39, 0.29) is 5.56 Å². The second-order valence-electron chi connectivity index (χ2n) is 7.06. The van der Waals surface area contributed by atoms with Gasteiger partial charge in [0, 0.05) is 38.7 Å². The van der Waals surface area contributed by atoms with E-state index >= 15 is 0 Å². The molecule has 0 aliphatic carbocycles. The van der Waals surface area contributed by atoms with E-state index in [1.54, 1.807) is 11.8 Å². The Hall–Kier alpha value is -2.90. The molecule has 0 radical (unpaired) electrons. The van der Waals surface area contributed by atoms with Crippen LogP contribution in [-0.2, 0) is 6.18 Å². The Kier molecular flexibility index (Phi) is 6.48. The fraction of sp³-hybridized carbons (Fsp3) is 0.125. The first-order valence-electron chi connectivity index (χ1n) is 9.78. The molecule has 1 heterocycles. The van der Waals surface area contributed by atoms with Gasteiger partial charge in [-0.2, -0.15) is 13.2 Å². The minimum absolute atomic E-state index is 0.0150. The number of carbonyl (C=O) groups excluding carboxylic acids is 1. The molecule has 2 N–H and O–H groups in total. The number of benzene rings is 3. The van der Waals surface area contributed by atoms with Gasteiger partial charge in [-0.3, -0.25) is 4.79 Å². The Morgan fingerprint density at radius 3 is 2.50 bits per heavy atom. The maximum absolute atomic E-state index is 12.9. The van der Waals surface area contributed by atoms with Crippen molar-refractivity contribution in [1.29, 1.82) is 0 Å². The molecule has 164 valence electrons. The molecule has 0 saturated heterocycles. The number of para-hydroxylation sites is 1. The first-order valence-corrected chi connectivity index (χ1v) is 11.1. The molecule has 4 aromatic rings. The van der Waals surface area contributed by atoms with Crippen molar-refractivity contribution in [3.05, 3.63) is 88.9 Å². The molecule has 0 fully saturated rings. The van der Waals surface area contributed by atoms with Crippen LogP contribution in [0, 0.1) is 0 Å². The quantitative estimate of drug-likeness (QED) is 0.233. The van der Waals surface area contributed by atoms with E-state index in [1.165, 1.54) is 12.1 Å². The molecule has 3 aromatic carbocycles. The molecular formula is C24H18ClF3N2OS. The number of fused-ring (bicyclic) bond motifs is 1. The van der Waals surface area contributed by atoms with Crippen molar-refractivity contribution in [2.75, 3.05) is 12.3 Å². The number of aromatic nitrogens is 1. The molecule has 0 spiro atoms. The van der Waals surface area contributed by atoms with Crippen molar-refractivity contribution in [2.45, 2.75) is 11.1 Å². The predicted molar refractivity (Wildman–Crippen MR) is 123 cm³/mol. The average molecular weight is 475 g/mol. The van der Waals surface area contributed by atoms with Gasteiger partial charge >= 0.3 is 6.18 Å². The predicted octanol–water partition coefficient (Wildman–Crippen LogP) is 7.03. The van der Waals surface area contributed by atoms with Crippen molar-refractivity contribution in [1.82, 2.24) is 10.3 Å². The monoisotopic (exact) mass is 474 g/mol. The third-order valence-electron chi connectivity index (χ3n) is 4.88. The Labute approximate surface area is 192 Å². The number of nitrogens with one attached hydrogen (secondary N) is 2. The van der Waals surface area contributed by atoms with Crippen molar-refractivity contribution >= 4 is 40.2 Å². The van der Waals surface area contributed by atoms with Crippen molar-refractivity contribution in [3.8, 4) is 11.3 Å². The summed E-state index contributed by atoms with van der Waals surface area (Å²) in [4.78, 5) is 16.8. The number of hydrogen-bond donors (Lipinski definition) is 2. The molecule has 1 amide bonds. The van der Waals surface area contributed by atoms with Crippen LogP contribution < -0.4 is 5.32 Å². The summed E-state index contributed by atoms with van der Waals surface area (Å²) in [6.45, 7) is 0.305. The standard InChI is InChI=1S/C24H18ClF3N2OS/c25-18-10-8-15(9-11-18)21-22(19-6-1-2-7-20(19)30-21)32-13-12-29-23(31)16-4-3-5-17(14-16)24(26,27)28/h1-11,14,30H,12-13H2,(H,29,31). The number of hydrogen-bond acceptors (Lipinski definition) is 2. The molecular weight excluding hydrogens is 457 g/mol. The average Bonchev–Trinajstić information content (AvgIpc) is 3.15. The molecule has 0 saturated carbocycles. The summed E-state index contributed by atoms with van der Waals surface area (Å²) in [5, 5.41) is 4.41. The zero-order valence-electron chi connectivity index (χ0n) is 16.7. The summed E-state index contributed by atoms with van der Waals surface area (Å²) < 4.78 is 38.6. The summed E-state index contributed by atoms with van der Waals surface area (Å²) >= 11 is 7.58. The summed E-state index contributed by atoms with van der Waals surface area (Å²) in [5.41, 5.74) is 2.08. The minimum atomic E-state index is -4.49. The van der Waals surface area contributed by atoms with Crippen LogP contribution >= 0.6 is 23.4 Å². The van der Waals surface area contributed by atoms with Gasteiger partial charge in [-0.15, -0.1) is 11.8 Å². The molecule has 1 aromatic heterocycles. The molecule has 0 aliphatic rings. The Bertz CT molecular complexity index is 1250. The van der Waals surface area contributed by atoms with Crippen molar-refractivity contribution < 1.29 is 18.0 Å². The van der Waals surface area contributed by atoms with Gasteiger partial charge in [-0.1, -0.05) is 48.0 Å². The van der Waals surface area contributed by atoms with E-state index in [0.717, 1.165) is 39.2 Å². The van der Waals surface area contributed by atoms with E-state index in [1.807, 2.05) is 48.5 Å². The Morgan fingerprint density at radius 2 is 1.75 bits per heavy atom. The van der Waals surface area contributed by atoms with Gasteiger partial charge in [-0.05, 0) is 42.0 Å². The maximum Gasteiger partial charge on any atom is 0.416 e. The lowest BCUT2D eigenvalue weighted by atomic mass is 10.1. The second-order valence-corrected chi connectivity index (χ2v) is 8.61. The second kappa shape index (κ2) is 9.30. The lowest BCUT2D eigenvalue weighted by Crippen LogP contribution is -2.26. The van der Waals surface area contributed by atoms with E-state index in [2.05, 4.69) is 10.3 Å². The van der Waals surface area contributed by atoms with Gasteiger partial charge in [-0.25, -0.2) is 0 Å². The highest BCUT2D eigenvalue weighted by molar-refractivity contribution is 7.99. The summed E-state index contributed by atoms with van der Waals surface area (Å²) in [7, 11) is 0. The van der Waals surface area contributed by atoms with Crippen LogP contribution in [0.4, 0.5) is 13.2 Å². The van der Waals surface area contributed by atoms with Gasteiger partial charge in [0.1, 0.15) is 0 Å². The van der Waals surface area contributed by atoms with Crippen LogP contribution in [0.3, 0.4) is 0 Å². The van der Waals surface area contributed by atoms with Crippen molar-refractivity contribution in [3.63, 3.8) is 0 Å². The molecule has 32 heavy (non-hydrogen) atoms. The van der Waals surface area contributed by atoms with E-state index in [9.17, 15) is 18.0 Å². The van der Waals surface area contributed by atoms with Gasteiger partial charge in [0.2, 0.25) is 0 Å². The Morgan fingerprint density at radius 1 is 1.00 bits per heavy atom. The number of H-pyrrole nitrogens is 1. The highest BCUT2D eigenvalue weighted by Crippen LogP contribution is 2.38. The van der Waals surface area contributed by atoms with Crippen LogP contribution in [0.1, 0.15) is 15.9 Å². The molecule has 0 aliphatic heterocycles. The fourth-order valence-corrected chi connectivity index (χ4v) is 4.52. The lowest BCUT2D eigenvalue weighted by Gasteiger charge is -2.10. The molecule has 8 heteroatoms. The topological polar surface area (TPSA) is 44.9 Å². The molecule has 3 nitrogen and oxygen atoms in total. The fourth-order valence-electron chi connectivity index (χ4n) is 3.34. The zero-order chi connectivity index (χ0) is 22.7. The van der Waals surface area contributed by atoms with Crippen LogP contribution in [-0.4, -0.2) is 23.2 Å². The molecule has 0 bridgehead atoms. The number of alkyl halides is 3. The zero-order valence-corrected chi connectivity index (χ0v) is 18.2. The number of carbonyl (C=O) groups is 1. The number of amides is 1. The summed E-state index contributed by atoms with van der Waals surface area (Å²) in [6, 6.07) is 19.9. The smallest absolute Gasteiger partial charge is 0.354 e. The third-order valence-corrected chi connectivity index (χ3v) is 6.25. The number of thioether (sulfide) groups is 1. The number of aromatic amines is 1. The largest absolute Gasteiger partial charge is 0.416 e. The lowest BCUT2D eigenvalue weighted by molar-refractivity contribution is -0.137. The van der Waals surface area contributed by atoms with E-state index in [4.69, 9.17) is 11.6 Å². The summed E-state index contributed by atoms with van der Waals surface area (Å²) in [6.07, 6.45) is -4.49. The van der Waals surface area contributed by atoms with Crippen LogP contribution in [0.5, 0.6) is 0 Å². The van der Waals surface area contributed by atoms with Crippen LogP contribution in [0.25, 0.3) is 22.2 Å². The third kappa shape index (κ3) is 4.95. The van der Waals surface area contributed by atoms with Crippen LogP contribution in [0.15, 0.2) is 77.7 Å². The SMILES string of the molecule is O=C(NCCSc1c(-c2ccc(Cl)cc2)[nH]c2ccccc12)c1cccc(C(F)(F)F)c1. The molecule has 0 atom stereocenters. The maximum atomic E-state index is 12.9. The molecule has 0 unspecified atom stereocenters. The highest BCUT2D eigenvalue weighted by Gasteiger charge is 2.30. The van der Waals surface area contributed by atoms with Crippen molar-refractivity contribution in [2.24, 2.45) is 0 Å². The highest BCUT2D eigenvalue weighted by atomic mass is 35.5. The van der Waals surface area contributed by atoms with Gasteiger partial charge in [0.05, 0.1) is 11.3 Å². The van der Waals surface area contributed by atoms with Crippen LogP contribution in [0.2, 0.25) is 5.02 Å². The van der Waals surface area contributed by atoms with Gasteiger partial charge in [0.15, 0.2) is 0 Å². The molecule has 4 rings (SSSR count). The van der Waals surface area contributed by atoms with E-state index < -0.39 is 17.6 Å². The van der Waals surface area contributed by atoms with E-state index in [0.29, 0.717) is 17.3 Å². The summed E-state index contributed by atoms with van der Waals surface area (Å²) in [5.74, 6) is 0.0150. The Balaban J connectivity index is 1.46. The van der Waals surface area contributed by atoms with Gasteiger partial charge < -0.3 is 10.3 Å². The first-order chi connectivity index (χ1) is 15.3. The number of rotatable bonds is 6. The number of halogens is 4. The minimum Gasteiger partial charge on any atom is -0.354 e. The van der Waals surface area contributed by atoms with Gasteiger partial charge in [0.25, 0.3) is 5.91 Å². The first kappa shape index (κ1) is 22.3. The normalized spacial score (nSPS) is 11.6.